The number of carbonyl (C=O) groups excluding carboxylic acids is 1. The van der Waals surface area contributed by atoms with Crippen molar-refractivity contribution in [2.45, 2.75) is 13.8 Å². The third-order valence-corrected chi connectivity index (χ3v) is 5.62. The number of rotatable bonds is 9. The number of hydrogen-bond acceptors (Lipinski definition) is 8. The van der Waals surface area contributed by atoms with E-state index in [1.54, 1.807) is 35.4 Å². The average Bonchev–Trinajstić information content (AvgIpc) is 2.97. The van der Waals surface area contributed by atoms with Crippen molar-refractivity contribution in [3.05, 3.63) is 45.2 Å². The fraction of sp³-hybridized carbons (Fsp3) is 0.400. The van der Waals surface area contributed by atoms with Gasteiger partial charge in [-0.05, 0) is 24.1 Å². The van der Waals surface area contributed by atoms with Crippen LogP contribution in [0.1, 0.15) is 19.4 Å². The fourth-order valence-electron chi connectivity index (χ4n) is 2.93. The van der Waals surface area contributed by atoms with E-state index in [2.05, 4.69) is 10.3 Å². The molecule has 2 N–H and O–H groups in total. The van der Waals surface area contributed by atoms with Gasteiger partial charge in [0.05, 0.1) is 30.3 Å². The number of pyridine rings is 1. The lowest BCUT2D eigenvalue weighted by molar-refractivity contribution is -0.122. The Balaban J connectivity index is 1.97. The SMILES string of the molecule is CC(C)CN1C(=O)C(=Cc2c(NCCOCCO)nc3ccccn3c2=O)SC1=S. The summed E-state index contributed by atoms with van der Waals surface area (Å²) in [5, 5.41) is 11.9. The van der Waals surface area contributed by atoms with Gasteiger partial charge in [0.25, 0.3) is 11.5 Å². The van der Waals surface area contributed by atoms with Gasteiger partial charge in [-0.3, -0.25) is 18.9 Å². The van der Waals surface area contributed by atoms with E-state index in [1.807, 2.05) is 13.8 Å². The van der Waals surface area contributed by atoms with E-state index in [-0.39, 0.29) is 36.2 Å². The maximum atomic E-state index is 13.1. The number of amides is 1. The second-order valence-electron chi connectivity index (χ2n) is 7.06. The van der Waals surface area contributed by atoms with Crippen LogP contribution < -0.4 is 10.9 Å². The molecule has 1 fully saturated rings. The number of aliphatic hydroxyl groups is 1. The molecular weight excluding hydrogens is 424 g/mol. The minimum atomic E-state index is -0.284. The van der Waals surface area contributed by atoms with Crippen LogP contribution in [0.2, 0.25) is 0 Å². The molecule has 1 aliphatic rings. The average molecular weight is 449 g/mol. The summed E-state index contributed by atoms with van der Waals surface area (Å²) < 4.78 is 7.18. The lowest BCUT2D eigenvalue weighted by atomic mass is 10.2. The molecule has 2 aromatic heterocycles. The van der Waals surface area contributed by atoms with E-state index in [0.29, 0.717) is 40.4 Å². The summed E-state index contributed by atoms with van der Waals surface area (Å²) in [7, 11) is 0. The molecule has 0 unspecified atom stereocenters. The van der Waals surface area contributed by atoms with Crippen LogP contribution in [-0.2, 0) is 9.53 Å². The first-order chi connectivity index (χ1) is 14.4. The van der Waals surface area contributed by atoms with Crippen LogP contribution >= 0.6 is 24.0 Å². The molecule has 3 rings (SSSR count). The number of thioether (sulfide) groups is 1. The smallest absolute Gasteiger partial charge is 0.267 e. The molecule has 1 amide bonds. The summed E-state index contributed by atoms with van der Waals surface area (Å²) in [4.78, 5) is 32.5. The number of fused-ring (bicyclic) bond motifs is 1. The van der Waals surface area contributed by atoms with Crippen molar-refractivity contribution < 1.29 is 14.6 Å². The van der Waals surface area contributed by atoms with Crippen molar-refractivity contribution in [3.8, 4) is 0 Å². The van der Waals surface area contributed by atoms with Crippen molar-refractivity contribution in [2.75, 3.05) is 38.2 Å². The maximum Gasteiger partial charge on any atom is 0.267 e. The summed E-state index contributed by atoms with van der Waals surface area (Å²) in [5.74, 6) is 0.442. The normalized spacial score (nSPS) is 15.7. The predicted octanol–water partition coefficient (Wildman–Crippen LogP) is 1.97. The summed E-state index contributed by atoms with van der Waals surface area (Å²) in [6.45, 7) is 5.48. The molecule has 160 valence electrons. The van der Waals surface area contributed by atoms with Crippen LogP contribution in [0.15, 0.2) is 34.1 Å². The Morgan fingerprint density at radius 1 is 1.33 bits per heavy atom. The quantitative estimate of drug-likeness (QED) is 0.342. The Labute approximate surface area is 183 Å². The molecule has 10 heteroatoms. The number of anilines is 1. The number of thiocarbonyl (C=S) groups is 1. The van der Waals surface area contributed by atoms with Crippen LogP contribution in [0.4, 0.5) is 5.82 Å². The van der Waals surface area contributed by atoms with Gasteiger partial charge in [0, 0.05) is 19.3 Å². The molecule has 0 atom stereocenters. The molecular formula is C20H24N4O4S2. The number of nitrogens with one attached hydrogen (secondary N) is 1. The topological polar surface area (TPSA) is 96.2 Å². The van der Waals surface area contributed by atoms with Crippen LogP contribution in [0.25, 0.3) is 11.7 Å². The van der Waals surface area contributed by atoms with Gasteiger partial charge in [0.1, 0.15) is 15.8 Å². The highest BCUT2D eigenvalue weighted by Crippen LogP contribution is 2.33. The monoisotopic (exact) mass is 448 g/mol. The first kappa shape index (κ1) is 22.4. The molecule has 0 saturated carbocycles. The van der Waals surface area contributed by atoms with Crippen molar-refractivity contribution in [2.24, 2.45) is 5.92 Å². The fourth-order valence-corrected chi connectivity index (χ4v) is 4.19. The first-order valence-corrected chi connectivity index (χ1v) is 10.8. The third kappa shape index (κ3) is 5.07. The highest BCUT2D eigenvalue weighted by molar-refractivity contribution is 8.26. The van der Waals surface area contributed by atoms with E-state index in [4.69, 9.17) is 22.1 Å². The Morgan fingerprint density at radius 3 is 2.87 bits per heavy atom. The summed E-state index contributed by atoms with van der Waals surface area (Å²) >= 11 is 6.55. The molecule has 0 aliphatic carbocycles. The van der Waals surface area contributed by atoms with E-state index in [0.717, 1.165) is 0 Å². The number of aliphatic hydroxyl groups excluding tert-OH is 1. The van der Waals surface area contributed by atoms with Crippen molar-refractivity contribution >= 4 is 51.7 Å². The number of aromatic nitrogens is 2. The molecule has 0 aromatic carbocycles. The highest BCUT2D eigenvalue weighted by Gasteiger charge is 2.32. The number of hydrogen-bond donors (Lipinski definition) is 2. The first-order valence-electron chi connectivity index (χ1n) is 9.61. The van der Waals surface area contributed by atoms with Gasteiger partial charge < -0.3 is 15.2 Å². The molecule has 0 bridgehead atoms. The minimum absolute atomic E-state index is 0.0565. The van der Waals surface area contributed by atoms with Crippen LogP contribution in [0.5, 0.6) is 0 Å². The zero-order valence-corrected chi connectivity index (χ0v) is 18.5. The Hall–Kier alpha value is -2.27. The van der Waals surface area contributed by atoms with Crippen molar-refractivity contribution in [1.82, 2.24) is 14.3 Å². The number of nitrogens with zero attached hydrogens (tertiary/aromatic N) is 3. The molecule has 1 aliphatic heterocycles. The second kappa shape index (κ2) is 10.2. The minimum Gasteiger partial charge on any atom is -0.394 e. The van der Waals surface area contributed by atoms with Gasteiger partial charge >= 0.3 is 0 Å². The van der Waals surface area contributed by atoms with Gasteiger partial charge in [-0.15, -0.1) is 0 Å². The van der Waals surface area contributed by atoms with E-state index in [1.165, 1.54) is 16.2 Å². The van der Waals surface area contributed by atoms with Crippen LogP contribution in [-0.4, -0.2) is 62.5 Å². The van der Waals surface area contributed by atoms with Crippen molar-refractivity contribution in [1.29, 1.82) is 0 Å². The predicted molar refractivity (Wildman–Crippen MR) is 123 cm³/mol. The molecule has 30 heavy (non-hydrogen) atoms. The highest BCUT2D eigenvalue weighted by atomic mass is 32.2. The largest absolute Gasteiger partial charge is 0.394 e. The lowest BCUT2D eigenvalue weighted by Crippen LogP contribution is -2.31. The Bertz CT molecular complexity index is 1040. The maximum absolute atomic E-state index is 13.1. The summed E-state index contributed by atoms with van der Waals surface area (Å²) in [6.07, 6.45) is 3.20. The molecule has 3 heterocycles. The summed E-state index contributed by atoms with van der Waals surface area (Å²) in [6, 6.07) is 5.28. The van der Waals surface area contributed by atoms with Gasteiger partial charge in [0.15, 0.2) is 0 Å². The van der Waals surface area contributed by atoms with Crippen LogP contribution in [0.3, 0.4) is 0 Å². The standard InChI is InChI=1S/C20H24N4O4S2/c1-13(2)12-24-19(27)15(30-20(24)29)11-14-17(21-6-9-28-10-8-25)22-16-5-3-4-7-23(16)18(14)26/h3-5,7,11,13,21,25H,6,8-10,12H2,1-2H3. The number of carbonyl (C=O) groups is 1. The Kier molecular flexibility index (Phi) is 7.59. The zero-order chi connectivity index (χ0) is 21.7. The number of ether oxygens (including phenoxy) is 1. The Morgan fingerprint density at radius 2 is 2.13 bits per heavy atom. The zero-order valence-electron chi connectivity index (χ0n) is 16.8. The second-order valence-corrected chi connectivity index (χ2v) is 8.73. The van der Waals surface area contributed by atoms with E-state index in [9.17, 15) is 9.59 Å². The van der Waals surface area contributed by atoms with E-state index < -0.39 is 0 Å². The van der Waals surface area contributed by atoms with Gasteiger partial charge in [-0.2, -0.15) is 0 Å². The van der Waals surface area contributed by atoms with Gasteiger partial charge in [-0.1, -0.05) is 43.9 Å². The van der Waals surface area contributed by atoms with Gasteiger partial charge in [-0.25, -0.2) is 4.98 Å². The lowest BCUT2D eigenvalue weighted by Gasteiger charge is -2.16. The van der Waals surface area contributed by atoms with Gasteiger partial charge in [0.2, 0.25) is 0 Å². The molecule has 0 radical (unpaired) electrons. The molecule has 1 saturated heterocycles. The molecule has 8 nitrogen and oxygen atoms in total. The molecule has 2 aromatic rings. The third-order valence-electron chi connectivity index (χ3n) is 4.24. The van der Waals surface area contributed by atoms with Crippen molar-refractivity contribution in [3.63, 3.8) is 0 Å². The molecule has 0 spiro atoms. The van der Waals surface area contributed by atoms with E-state index >= 15 is 0 Å². The summed E-state index contributed by atoms with van der Waals surface area (Å²) in [5.41, 5.74) is 0.491. The van der Waals surface area contributed by atoms with Crippen LogP contribution in [0, 0.1) is 5.92 Å².